The van der Waals surface area contributed by atoms with E-state index in [2.05, 4.69) is 17.6 Å². The molecule has 5 nitrogen and oxygen atoms in total. The zero-order chi connectivity index (χ0) is 16.4. The summed E-state index contributed by atoms with van der Waals surface area (Å²) in [5, 5.41) is 5.52. The van der Waals surface area contributed by atoms with Gasteiger partial charge < -0.3 is 15.4 Å². The molecule has 0 radical (unpaired) electrons. The lowest BCUT2D eigenvalue weighted by atomic mass is 10.2. The Morgan fingerprint density at radius 2 is 1.73 bits per heavy atom. The summed E-state index contributed by atoms with van der Waals surface area (Å²) in [6.07, 6.45) is 2.11. The van der Waals surface area contributed by atoms with Gasteiger partial charge in [-0.3, -0.25) is 9.59 Å². The van der Waals surface area contributed by atoms with E-state index in [0.29, 0.717) is 25.3 Å². The SMILES string of the molecule is CCCCOc1ccc(C(=O)NCCNC(=O)C(C)C)cc1. The smallest absolute Gasteiger partial charge is 0.251 e. The van der Waals surface area contributed by atoms with Gasteiger partial charge in [-0.2, -0.15) is 0 Å². The highest BCUT2D eigenvalue weighted by Crippen LogP contribution is 2.12. The van der Waals surface area contributed by atoms with Crippen LogP contribution >= 0.6 is 0 Å². The summed E-state index contributed by atoms with van der Waals surface area (Å²) in [5.74, 6) is 0.562. The van der Waals surface area contributed by atoms with Gasteiger partial charge in [-0.25, -0.2) is 0 Å². The van der Waals surface area contributed by atoms with E-state index < -0.39 is 0 Å². The molecule has 0 aromatic heterocycles. The van der Waals surface area contributed by atoms with E-state index in [-0.39, 0.29) is 17.7 Å². The molecule has 0 aliphatic carbocycles. The molecule has 1 aromatic rings. The molecule has 0 aliphatic rings. The quantitative estimate of drug-likeness (QED) is 0.688. The molecule has 0 heterocycles. The van der Waals surface area contributed by atoms with Gasteiger partial charge >= 0.3 is 0 Å². The molecule has 0 unspecified atom stereocenters. The second-order valence-electron chi connectivity index (χ2n) is 5.43. The van der Waals surface area contributed by atoms with Crippen LogP contribution in [-0.4, -0.2) is 31.5 Å². The first-order chi connectivity index (χ1) is 10.5. The Morgan fingerprint density at radius 1 is 1.09 bits per heavy atom. The van der Waals surface area contributed by atoms with Crippen molar-refractivity contribution in [2.24, 2.45) is 5.92 Å². The summed E-state index contributed by atoms with van der Waals surface area (Å²) >= 11 is 0. The normalized spacial score (nSPS) is 10.4. The molecule has 1 rings (SSSR count). The van der Waals surface area contributed by atoms with E-state index in [1.165, 1.54) is 0 Å². The molecular weight excluding hydrogens is 280 g/mol. The maximum atomic E-state index is 11.9. The third-order valence-corrected chi connectivity index (χ3v) is 3.12. The van der Waals surface area contributed by atoms with Crippen LogP contribution in [0.5, 0.6) is 5.75 Å². The number of amides is 2. The minimum Gasteiger partial charge on any atom is -0.494 e. The summed E-state index contributed by atoms with van der Waals surface area (Å²) in [6, 6.07) is 7.07. The molecule has 2 amide bonds. The van der Waals surface area contributed by atoms with Crippen molar-refractivity contribution in [1.82, 2.24) is 10.6 Å². The highest BCUT2D eigenvalue weighted by molar-refractivity contribution is 5.94. The van der Waals surface area contributed by atoms with E-state index >= 15 is 0 Å². The molecule has 22 heavy (non-hydrogen) atoms. The van der Waals surface area contributed by atoms with Gasteiger partial charge in [0.05, 0.1) is 6.61 Å². The standard InChI is InChI=1S/C17H26N2O3/c1-4-5-12-22-15-8-6-14(7-9-15)17(21)19-11-10-18-16(20)13(2)3/h6-9,13H,4-5,10-12H2,1-3H3,(H,18,20)(H,19,21). The van der Waals surface area contributed by atoms with E-state index in [1.807, 2.05) is 13.8 Å². The number of hydrogen-bond donors (Lipinski definition) is 2. The molecule has 0 aliphatic heterocycles. The van der Waals surface area contributed by atoms with E-state index in [4.69, 9.17) is 4.74 Å². The molecule has 0 fully saturated rings. The fourth-order valence-corrected chi connectivity index (χ4v) is 1.70. The summed E-state index contributed by atoms with van der Waals surface area (Å²) in [7, 11) is 0. The lowest BCUT2D eigenvalue weighted by molar-refractivity contribution is -0.123. The minimum absolute atomic E-state index is 0.0113. The number of nitrogens with one attached hydrogen (secondary N) is 2. The van der Waals surface area contributed by atoms with Gasteiger partial charge in [-0.1, -0.05) is 27.2 Å². The van der Waals surface area contributed by atoms with E-state index in [9.17, 15) is 9.59 Å². The molecular formula is C17H26N2O3. The average Bonchev–Trinajstić information content (AvgIpc) is 2.52. The lowest BCUT2D eigenvalue weighted by Gasteiger charge is -2.09. The Balaban J connectivity index is 2.32. The van der Waals surface area contributed by atoms with Crippen molar-refractivity contribution < 1.29 is 14.3 Å². The molecule has 0 saturated heterocycles. The second-order valence-corrected chi connectivity index (χ2v) is 5.43. The van der Waals surface area contributed by atoms with Crippen molar-refractivity contribution >= 4 is 11.8 Å². The maximum Gasteiger partial charge on any atom is 0.251 e. The number of unbranched alkanes of at least 4 members (excludes halogenated alkanes) is 1. The lowest BCUT2D eigenvalue weighted by Crippen LogP contribution is -2.36. The van der Waals surface area contributed by atoms with Gasteiger partial charge in [-0.15, -0.1) is 0 Å². The topological polar surface area (TPSA) is 67.4 Å². The Labute approximate surface area is 132 Å². The first kappa shape index (κ1) is 18.0. The summed E-state index contributed by atoms with van der Waals surface area (Å²) < 4.78 is 5.55. The van der Waals surface area contributed by atoms with Gasteiger partial charge in [0.25, 0.3) is 5.91 Å². The summed E-state index contributed by atoms with van der Waals surface area (Å²) in [6.45, 7) is 7.31. The van der Waals surface area contributed by atoms with Crippen LogP contribution in [0.25, 0.3) is 0 Å². The Kier molecular flexibility index (Phi) is 8.04. The molecule has 0 atom stereocenters. The van der Waals surface area contributed by atoms with E-state index in [1.54, 1.807) is 24.3 Å². The number of carbonyl (C=O) groups is 2. The monoisotopic (exact) mass is 306 g/mol. The molecule has 1 aromatic carbocycles. The van der Waals surface area contributed by atoms with Crippen molar-refractivity contribution in [2.45, 2.75) is 33.6 Å². The Bertz CT molecular complexity index is 469. The third-order valence-electron chi connectivity index (χ3n) is 3.12. The van der Waals surface area contributed by atoms with Crippen LogP contribution < -0.4 is 15.4 Å². The van der Waals surface area contributed by atoms with Crippen molar-refractivity contribution in [3.63, 3.8) is 0 Å². The first-order valence-corrected chi connectivity index (χ1v) is 7.83. The summed E-state index contributed by atoms with van der Waals surface area (Å²) in [5.41, 5.74) is 0.582. The van der Waals surface area contributed by atoms with E-state index in [0.717, 1.165) is 18.6 Å². The van der Waals surface area contributed by atoms with Gasteiger partial charge in [0, 0.05) is 24.6 Å². The number of carbonyl (C=O) groups excluding carboxylic acids is 2. The minimum atomic E-state index is -0.154. The predicted molar refractivity (Wildman–Crippen MR) is 87.0 cm³/mol. The molecule has 5 heteroatoms. The van der Waals surface area contributed by atoms with Crippen LogP contribution in [0, 0.1) is 5.92 Å². The highest BCUT2D eigenvalue weighted by atomic mass is 16.5. The molecule has 0 spiro atoms. The van der Waals surface area contributed by atoms with Crippen LogP contribution in [0.4, 0.5) is 0 Å². The zero-order valence-corrected chi connectivity index (χ0v) is 13.6. The van der Waals surface area contributed by atoms with Crippen molar-refractivity contribution in [3.05, 3.63) is 29.8 Å². The highest BCUT2D eigenvalue weighted by Gasteiger charge is 2.07. The van der Waals surface area contributed by atoms with Gasteiger partial charge in [0.15, 0.2) is 0 Å². The van der Waals surface area contributed by atoms with Gasteiger partial charge in [0.2, 0.25) is 5.91 Å². The Morgan fingerprint density at radius 3 is 2.32 bits per heavy atom. The van der Waals surface area contributed by atoms with Crippen molar-refractivity contribution in [2.75, 3.05) is 19.7 Å². The van der Waals surface area contributed by atoms with Crippen LogP contribution in [0.3, 0.4) is 0 Å². The molecule has 0 bridgehead atoms. The number of hydrogen-bond acceptors (Lipinski definition) is 3. The van der Waals surface area contributed by atoms with Gasteiger partial charge in [0.1, 0.15) is 5.75 Å². The van der Waals surface area contributed by atoms with Gasteiger partial charge in [-0.05, 0) is 30.7 Å². The average molecular weight is 306 g/mol. The fourth-order valence-electron chi connectivity index (χ4n) is 1.70. The Hall–Kier alpha value is -2.04. The first-order valence-electron chi connectivity index (χ1n) is 7.83. The van der Waals surface area contributed by atoms with Crippen LogP contribution in [0.1, 0.15) is 44.0 Å². The molecule has 2 N–H and O–H groups in total. The van der Waals surface area contributed by atoms with Crippen LogP contribution in [-0.2, 0) is 4.79 Å². The third kappa shape index (κ3) is 6.61. The number of benzene rings is 1. The van der Waals surface area contributed by atoms with Crippen molar-refractivity contribution in [3.8, 4) is 5.75 Å². The fraction of sp³-hybridized carbons (Fsp3) is 0.529. The molecule has 0 saturated carbocycles. The second kappa shape index (κ2) is 9.82. The van der Waals surface area contributed by atoms with Crippen LogP contribution in [0.15, 0.2) is 24.3 Å². The summed E-state index contributed by atoms with van der Waals surface area (Å²) in [4.78, 5) is 23.3. The number of rotatable bonds is 9. The largest absolute Gasteiger partial charge is 0.494 e. The maximum absolute atomic E-state index is 11.9. The predicted octanol–water partition coefficient (Wildman–Crippen LogP) is 2.37. The number of ether oxygens (including phenoxy) is 1. The zero-order valence-electron chi connectivity index (χ0n) is 13.6. The van der Waals surface area contributed by atoms with Crippen LogP contribution in [0.2, 0.25) is 0 Å². The molecule has 122 valence electrons. The van der Waals surface area contributed by atoms with Crippen molar-refractivity contribution in [1.29, 1.82) is 0 Å².